The molecule has 1 aromatic rings. The van der Waals surface area contributed by atoms with Crippen molar-refractivity contribution in [1.82, 2.24) is 14.7 Å². The number of furan rings is 1. The molecule has 1 saturated carbocycles. The highest BCUT2D eigenvalue weighted by molar-refractivity contribution is 5.96. The van der Waals surface area contributed by atoms with Gasteiger partial charge in [-0.15, -0.1) is 0 Å². The molecule has 3 amide bonds. The first-order chi connectivity index (χ1) is 14.1. The average molecular weight is 403 g/mol. The molecule has 0 N–H and O–H groups in total. The smallest absolute Gasteiger partial charge is 0.257 e. The molecule has 0 spiro atoms. The number of hydrogen-bond donors (Lipinski definition) is 0. The molecule has 1 aromatic heterocycles. The van der Waals surface area contributed by atoms with Gasteiger partial charge in [-0.25, -0.2) is 0 Å². The van der Waals surface area contributed by atoms with E-state index in [4.69, 9.17) is 9.15 Å². The van der Waals surface area contributed by atoms with Crippen molar-refractivity contribution in [2.24, 2.45) is 5.92 Å². The van der Waals surface area contributed by atoms with Crippen LogP contribution in [0.3, 0.4) is 0 Å². The second-order valence-electron chi connectivity index (χ2n) is 8.27. The molecule has 8 nitrogen and oxygen atoms in total. The lowest BCUT2D eigenvalue weighted by atomic mass is 10.2. The summed E-state index contributed by atoms with van der Waals surface area (Å²) in [6.07, 6.45) is 7.33. The van der Waals surface area contributed by atoms with E-state index in [1.807, 2.05) is 4.90 Å². The summed E-state index contributed by atoms with van der Waals surface area (Å²) in [6, 6.07) is 1.61. The first-order valence-corrected chi connectivity index (χ1v) is 10.6. The maximum atomic E-state index is 12.9. The fourth-order valence-electron chi connectivity index (χ4n) is 3.97. The normalized spacial score (nSPS) is 23.0. The number of amides is 3. The Morgan fingerprint density at radius 1 is 1.14 bits per heavy atom. The van der Waals surface area contributed by atoms with Crippen LogP contribution in [0.2, 0.25) is 0 Å². The largest absolute Gasteiger partial charge is 0.472 e. The molecular formula is C21H29N3O5. The topological polar surface area (TPSA) is 83.3 Å². The Kier molecular flexibility index (Phi) is 6.18. The number of carbonyl (C=O) groups excluding carboxylic acids is 3. The van der Waals surface area contributed by atoms with Gasteiger partial charge in [-0.2, -0.15) is 0 Å². The van der Waals surface area contributed by atoms with Crippen LogP contribution in [-0.4, -0.2) is 84.4 Å². The van der Waals surface area contributed by atoms with Gasteiger partial charge in [0.2, 0.25) is 11.8 Å². The Morgan fingerprint density at radius 2 is 1.97 bits per heavy atom. The minimum absolute atomic E-state index is 0.0376. The molecule has 29 heavy (non-hydrogen) atoms. The first kappa shape index (κ1) is 19.9. The summed E-state index contributed by atoms with van der Waals surface area (Å²) in [5, 5.41) is 0. The van der Waals surface area contributed by atoms with Crippen molar-refractivity contribution in [2.75, 3.05) is 45.9 Å². The van der Waals surface area contributed by atoms with Crippen molar-refractivity contribution < 1.29 is 23.5 Å². The Bertz CT molecular complexity index is 731. The zero-order valence-corrected chi connectivity index (χ0v) is 16.8. The standard InChI is InChI=1S/C21H29N3O5/c25-19-3-1-7-22(19)8-2-9-23-11-18(29-14-16-4-5-16)12-24(13-20(23)26)21(27)17-6-10-28-15-17/h6,10,15-16,18H,1-5,7-9,11-14H2/t18-/m1/s1. The zero-order valence-electron chi connectivity index (χ0n) is 16.8. The number of rotatable bonds is 8. The number of hydrogen-bond acceptors (Lipinski definition) is 5. The Balaban J connectivity index is 1.37. The molecule has 8 heteroatoms. The highest BCUT2D eigenvalue weighted by Crippen LogP contribution is 2.29. The summed E-state index contributed by atoms with van der Waals surface area (Å²) in [5.74, 6) is 0.528. The molecule has 0 unspecified atom stereocenters. The van der Waals surface area contributed by atoms with E-state index >= 15 is 0 Å². The molecule has 0 aromatic carbocycles. The van der Waals surface area contributed by atoms with E-state index in [1.165, 1.54) is 25.4 Å². The third kappa shape index (κ3) is 5.18. The first-order valence-electron chi connectivity index (χ1n) is 10.6. The summed E-state index contributed by atoms with van der Waals surface area (Å²) in [4.78, 5) is 42.7. The van der Waals surface area contributed by atoms with E-state index in [9.17, 15) is 14.4 Å². The molecule has 2 aliphatic heterocycles. The van der Waals surface area contributed by atoms with Gasteiger partial charge in [0.1, 0.15) is 12.8 Å². The minimum Gasteiger partial charge on any atom is -0.472 e. The predicted molar refractivity (Wildman–Crippen MR) is 104 cm³/mol. The lowest BCUT2D eigenvalue weighted by Crippen LogP contribution is -2.40. The van der Waals surface area contributed by atoms with Crippen LogP contribution in [0.25, 0.3) is 0 Å². The van der Waals surface area contributed by atoms with Gasteiger partial charge in [0.05, 0.1) is 17.9 Å². The van der Waals surface area contributed by atoms with Crippen LogP contribution in [0.1, 0.15) is 42.5 Å². The summed E-state index contributed by atoms with van der Waals surface area (Å²) >= 11 is 0. The highest BCUT2D eigenvalue weighted by Gasteiger charge is 2.33. The summed E-state index contributed by atoms with van der Waals surface area (Å²) in [7, 11) is 0. The van der Waals surface area contributed by atoms with Crippen LogP contribution in [0.5, 0.6) is 0 Å². The number of likely N-dealkylation sites (tertiary alicyclic amines) is 1. The van der Waals surface area contributed by atoms with Gasteiger partial charge in [-0.05, 0) is 37.7 Å². The second-order valence-corrected chi connectivity index (χ2v) is 8.27. The van der Waals surface area contributed by atoms with Crippen LogP contribution in [-0.2, 0) is 14.3 Å². The monoisotopic (exact) mass is 403 g/mol. The highest BCUT2D eigenvalue weighted by atomic mass is 16.5. The predicted octanol–water partition coefficient (Wildman–Crippen LogP) is 1.37. The second kappa shape index (κ2) is 8.98. The van der Waals surface area contributed by atoms with Gasteiger partial charge < -0.3 is 23.9 Å². The van der Waals surface area contributed by atoms with Crippen molar-refractivity contribution in [3.05, 3.63) is 24.2 Å². The minimum atomic E-state index is -0.211. The summed E-state index contributed by atoms with van der Waals surface area (Å²) in [5.41, 5.74) is 0.444. The maximum Gasteiger partial charge on any atom is 0.257 e. The summed E-state index contributed by atoms with van der Waals surface area (Å²) < 4.78 is 11.1. The molecule has 4 rings (SSSR count). The molecule has 0 radical (unpaired) electrons. The number of nitrogens with zero attached hydrogens (tertiary/aromatic N) is 3. The van der Waals surface area contributed by atoms with Gasteiger partial charge in [0, 0.05) is 45.8 Å². The van der Waals surface area contributed by atoms with Crippen LogP contribution in [0, 0.1) is 5.92 Å². The Hall–Kier alpha value is -2.35. The van der Waals surface area contributed by atoms with E-state index in [-0.39, 0.29) is 30.4 Å². The number of carbonyl (C=O) groups is 3. The van der Waals surface area contributed by atoms with E-state index in [0.717, 1.165) is 19.4 Å². The molecule has 3 heterocycles. The van der Waals surface area contributed by atoms with Crippen molar-refractivity contribution in [3.63, 3.8) is 0 Å². The SMILES string of the molecule is O=C1CCCN1CCCN1C[C@@H](OCC2CC2)CN(C(=O)c2ccoc2)CC1=O. The van der Waals surface area contributed by atoms with Crippen molar-refractivity contribution in [1.29, 1.82) is 0 Å². The quantitative estimate of drug-likeness (QED) is 0.655. The van der Waals surface area contributed by atoms with Gasteiger partial charge >= 0.3 is 0 Å². The average Bonchev–Trinajstić information content (AvgIpc) is 3.25. The van der Waals surface area contributed by atoms with Gasteiger partial charge in [0.15, 0.2) is 0 Å². The van der Waals surface area contributed by atoms with Crippen LogP contribution in [0.4, 0.5) is 0 Å². The lowest BCUT2D eigenvalue weighted by Gasteiger charge is -2.25. The summed E-state index contributed by atoms with van der Waals surface area (Å²) in [6.45, 7) is 3.65. The van der Waals surface area contributed by atoms with Gasteiger partial charge in [-0.3, -0.25) is 14.4 Å². The van der Waals surface area contributed by atoms with E-state index in [0.29, 0.717) is 50.7 Å². The molecule has 1 aliphatic carbocycles. The Morgan fingerprint density at radius 3 is 2.66 bits per heavy atom. The zero-order chi connectivity index (χ0) is 20.2. The maximum absolute atomic E-state index is 12.9. The fourth-order valence-corrected chi connectivity index (χ4v) is 3.97. The van der Waals surface area contributed by atoms with Crippen molar-refractivity contribution in [2.45, 2.75) is 38.2 Å². The third-order valence-corrected chi connectivity index (χ3v) is 5.87. The Labute approximate surface area is 170 Å². The fraction of sp³-hybridized carbons (Fsp3) is 0.667. The molecule has 3 aliphatic rings. The third-order valence-electron chi connectivity index (χ3n) is 5.87. The van der Waals surface area contributed by atoms with Crippen LogP contribution >= 0.6 is 0 Å². The van der Waals surface area contributed by atoms with Crippen LogP contribution in [0.15, 0.2) is 23.0 Å². The van der Waals surface area contributed by atoms with Crippen molar-refractivity contribution >= 4 is 17.7 Å². The molecule has 158 valence electrons. The molecular weight excluding hydrogens is 374 g/mol. The lowest BCUT2D eigenvalue weighted by molar-refractivity contribution is -0.131. The molecule has 3 fully saturated rings. The van der Waals surface area contributed by atoms with Crippen molar-refractivity contribution in [3.8, 4) is 0 Å². The van der Waals surface area contributed by atoms with Crippen LogP contribution < -0.4 is 0 Å². The van der Waals surface area contributed by atoms with E-state index < -0.39 is 0 Å². The van der Waals surface area contributed by atoms with Gasteiger partial charge in [-0.1, -0.05) is 0 Å². The number of ether oxygens (including phenoxy) is 1. The molecule has 2 saturated heterocycles. The van der Waals surface area contributed by atoms with Gasteiger partial charge in [0.25, 0.3) is 5.91 Å². The molecule has 0 bridgehead atoms. The van der Waals surface area contributed by atoms with E-state index in [1.54, 1.807) is 15.9 Å². The van der Waals surface area contributed by atoms with E-state index in [2.05, 4.69) is 0 Å². The molecule has 1 atom stereocenters.